The largest absolute Gasteiger partial charge is 0.387 e. The van der Waals surface area contributed by atoms with Crippen molar-refractivity contribution in [2.75, 3.05) is 19.4 Å². The molecule has 0 saturated heterocycles. The van der Waals surface area contributed by atoms with Crippen LogP contribution in [0.4, 0.5) is 10.1 Å². The van der Waals surface area contributed by atoms with E-state index in [1.54, 1.807) is 38.5 Å². The van der Waals surface area contributed by atoms with Crippen LogP contribution in [-0.2, 0) is 6.54 Å². The summed E-state index contributed by atoms with van der Waals surface area (Å²) in [4.78, 5) is 17.9. The Labute approximate surface area is 117 Å². The molecule has 0 spiro atoms. The Bertz CT molecular complexity index is 616. The SMILES string of the molecule is CNc1ccncc1C(=O)N(C)Cc1cccc(F)c1. The van der Waals surface area contributed by atoms with Gasteiger partial charge in [0.05, 0.1) is 5.56 Å². The summed E-state index contributed by atoms with van der Waals surface area (Å²) in [5.74, 6) is -0.465. The van der Waals surface area contributed by atoms with Crippen molar-refractivity contribution in [2.24, 2.45) is 0 Å². The van der Waals surface area contributed by atoms with Crippen LogP contribution in [0.3, 0.4) is 0 Å². The van der Waals surface area contributed by atoms with Crippen molar-refractivity contribution in [3.8, 4) is 0 Å². The first-order chi connectivity index (χ1) is 9.61. The second kappa shape index (κ2) is 6.14. The van der Waals surface area contributed by atoms with E-state index in [0.717, 1.165) is 11.3 Å². The summed E-state index contributed by atoms with van der Waals surface area (Å²) in [5, 5.41) is 2.96. The van der Waals surface area contributed by atoms with Crippen molar-refractivity contribution in [3.63, 3.8) is 0 Å². The molecule has 1 amide bonds. The van der Waals surface area contributed by atoms with Gasteiger partial charge in [0.25, 0.3) is 5.91 Å². The van der Waals surface area contributed by atoms with Crippen LogP contribution in [0.1, 0.15) is 15.9 Å². The van der Waals surface area contributed by atoms with E-state index in [0.29, 0.717) is 12.1 Å². The topological polar surface area (TPSA) is 45.2 Å². The Morgan fingerprint density at radius 2 is 2.20 bits per heavy atom. The lowest BCUT2D eigenvalue weighted by atomic mass is 10.1. The first-order valence-electron chi connectivity index (χ1n) is 6.23. The van der Waals surface area contributed by atoms with Crippen LogP contribution in [-0.4, -0.2) is 29.9 Å². The lowest BCUT2D eigenvalue weighted by molar-refractivity contribution is 0.0785. The molecule has 2 rings (SSSR count). The number of benzene rings is 1. The minimum Gasteiger partial charge on any atom is -0.387 e. The molecule has 1 heterocycles. The maximum Gasteiger partial charge on any atom is 0.257 e. The highest BCUT2D eigenvalue weighted by Crippen LogP contribution is 2.16. The zero-order chi connectivity index (χ0) is 14.5. The third-order valence-corrected chi connectivity index (χ3v) is 2.98. The van der Waals surface area contributed by atoms with Gasteiger partial charge in [-0.15, -0.1) is 0 Å². The van der Waals surface area contributed by atoms with Crippen LogP contribution in [0.2, 0.25) is 0 Å². The smallest absolute Gasteiger partial charge is 0.257 e. The summed E-state index contributed by atoms with van der Waals surface area (Å²) in [6.45, 7) is 0.342. The third kappa shape index (κ3) is 3.12. The summed E-state index contributed by atoms with van der Waals surface area (Å²) < 4.78 is 13.1. The second-order valence-corrected chi connectivity index (χ2v) is 4.46. The number of pyridine rings is 1. The number of amides is 1. The molecule has 0 radical (unpaired) electrons. The van der Waals surface area contributed by atoms with E-state index >= 15 is 0 Å². The normalized spacial score (nSPS) is 10.2. The highest BCUT2D eigenvalue weighted by atomic mass is 19.1. The monoisotopic (exact) mass is 273 g/mol. The first kappa shape index (κ1) is 14.0. The quantitative estimate of drug-likeness (QED) is 0.931. The number of rotatable bonds is 4. The number of hydrogen-bond donors (Lipinski definition) is 1. The van der Waals surface area contributed by atoms with E-state index in [9.17, 15) is 9.18 Å². The van der Waals surface area contributed by atoms with Gasteiger partial charge in [-0.05, 0) is 23.8 Å². The van der Waals surface area contributed by atoms with Crippen molar-refractivity contribution in [3.05, 3.63) is 59.7 Å². The van der Waals surface area contributed by atoms with E-state index in [2.05, 4.69) is 10.3 Å². The lowest BCUT2D eigenvalue weighted by Gasteiger charge is -2.18. The molecule has 1 aromatic carbocycles. The Morgan fingerprint density at radius 3 is 2.90 bits per heavy atom. The summed E-state index contributed by atoms with van der Waals surface area (Å²) in [6.07, 6.45) is 3.14. The average Bonchev–Trinajstić information content (AvgIpc) is 2.46. The van der Waals surface area contributed by atoms with Crippen LogP contribution in [0.5, 0.6) is 0 Å². The summed E-state index contributed by atoms with van der Waals surface area (Å²) in [7, 11) is 3.43. The molecule has 20 heavy (non-hydrogen) atoms. The lowest BCUT2D eigenvalue weighted by Crippen LogP contribution is -2.27. The number of nitrogens with one attached hydrogen (secondary N) is 1. The minimum atomic E-state index is -0.305. The van der Waals surface area contributed by atoms with Crippen molar-refractivity contribution in [1.82, 2.24) is 9.88 Å². The van der Waals surface area contributed by atoms with Crippen LogP contribution in [0.25, 0.3) is 0 Å². The van der Waals surface area contributed by atoms with E-state index in [1.165, 1.54) is 23.2 Å². The molecule has 0 unspecified atom stereocenters. The molecule has 104 valence electrons. The van der Waals surface area contributed by atoms with Crippen LogP contribution in [0, 0.1) is 5.82 Å². The first-order valence-corrected chi connectivity index (χ1v) is 6.23. The van der Waals surface area contributed by atoms with Crippen molar-refractivity contribution in [1.29, 1.82) is 0 Å². The summed E-state index contributed by atoms with van der Waals surface area (Å²) >= 11 is 0. The molecule has 0 aliphatic carbocycles. The molecular formula is C15H16FN3O. The predicted octanol–water partition coefficient (Wildman–Crippen LogP) is 2.53. The number of carbonyl (C=O) groups is 1. The van der Waals surface area contributed by atoms with Gasteiger partial charge in [0.2, 0.25) is 0 Å². The van der Waals surface area contributed by atoms with E-state index < -0.39 is 0 Å². The highest BCUT2D eigenvalue weighted by molar-refractivity contribution is 5.99. The van der Waals surface area contributed by atoms with Gasteiger partial charge in [0.1, 0.15) is 5.82 Å². The maximum absolute atomic E-state index is 13.1. The van der Waals surface area contributed by atoms with E-state index in [1.807, 2.05) is 0 Å². The summed E-state index contributed by atoms with van der Waals surface area (Å²) in [6, 6.07) is 7.96. The molecular weight excluding hydrogens is 257 g/mol. The Balaban J connectivity index is 2.16. The zero-order valence-electron chi connectivity index (χ0n) is 11.4. The fourth-order valence-corrected chi connectivity index (χ4v) is 1.97. The molecule has 2 aromatic rings. The zero-order valence-corrected chi connectivity index (χ0v) is 11.4. The Hall–Kier alpha value is -2.43. The number of nitrogens with zero attached hydrogens (tertiary/aromatic N) is 2. The predicted molar refractivity (Wildman–Crippen MR) is 76.0 cm³/mol. The third-order valence-electron chi connectivity index (χ3n) is 2.98. The second-order valence-electron chi connectivity index (χ2n) is 4.46. The van der Waals surface area contributed by atoms with Crippen LogP contribution < -0.4 is 5.32 Å². The minimum absolute atomic E-state index is 0.160. The van der Waals surface area contributed by atoms with Gasteiger partial charge >= 0.3 is 0 Å². The van der Waals surface area contributed by atoms with E-state index in [4.69, 9.17) is 0 Å². The fraction of sp³-hybridized carbons (Fsp3) is 0.200. The molecule has 0 fully saturated rings. The molecule has 0 saturated carbocycles. The Kier molecular flexibility index (Phi) is 4.30. The molecule has 0 aliphatic heterocycles. The molecule has 0 bridgehead atoms. The highest BCUT2D eigenvalue weighted by Gasteiger charge is 2.15. The van der Waals surface area contributed by atoms with Crippen molar-refractivity contribution < 1.29 is 9.18 Å². The van der Waals surface area contributed by atoms with Gasteiger partial charge in [-0.25, -0.2) is 4.39 Å². The van der Waals surface area contributed by atoms with Gasteiger partial charge < -0.3 is 10.2 Å². The summed E-state index contributed by atoms with van der Waals surface area (Å²) in [5.41, 5.74) is 1.96. The molecule has 0 aliphatic rings. The Morgan fingerprint density at radius 1 is 1.40 bits per heavy atom. The van der Waals surface area contributed by atoms with Gasteiger partial charge in [0.15, 0.2) is 0 Å². The number of carbonyl (C=O) groups excluding carboxylic acids is 1. The standard InChI is InChI=1S/C15H16FN3O/c1-17-14-6-7-18-9-13(14)15(20)19(2)10-11-4-3-5-12(16)8-11/h3-9H,10H2,1-2H3,(H,17,18). The van der Waals surface area contributed by atoms with Crippen molar-refractivity contribution >= 4 is 11.6 Å². The van der Waals surface area contributed by atoms with Crippen molar-refractivity contribution in [2.45, 2.75) is 6.54 Å². The molecule has 1 N–H and O–H groups in total. The molecule has 4 nitrogen and oxygen atoms in total. The van der Waals surface area contributed by atoms with Crippen LogP contribution in [0.15, 0.2) is 42.7 Å². The molecule has 1 aromatic heterocycles. The van der Waals surface area contributed by atoms with E-state index in [-0.39, 0.29) is 11.7 Å². The van der Waals surface area contributed by atoms with Crippen LogP contribution >= 0.6 is 0 Å². The molecule has 5 heteroatoms. The number of anilines is 1. The molecule has 0 atom stereocenters. The fourth-order valence-electron chi connectivity index (χ4n) is 1.97. The van der Waals surface area contributed by atoms with Gasteiger partial charge in [-0.3, -0.25) is 9.78 Å². The average molecular weight is 273 g/mol. The maximum atomic E-state index is 13.1. The van der Waals surface area contributed by atoms with Gasteiger partial charge in [-0.2, -0.15) is 0 Å². The van der Waals surface area contributed by atoms with Gasteiger partial charge in [-0.1, -0.05) is 12.1 Å². The number of hydrogen-bond acceptors (Lipinski definition) is 3. The number of aromatic nitrogens is 1. The van der Waals surface area contributed by atoms with Gasteiger partial charge in [0, 0.05) is 38.7 Å². The number of halogens is 1.